The van der Waals surface area contributed by atoms with E-state index in [2.05, 4.69) is 0 Å². The quantitative estimate of drug-likeness (QED) is 0.145. The number of aryl methyl sites for hydroxylation is 1. The van der Waals surface area contributed by atoms with Gasteiger partial charge in [0.15, 0.2) is 6.23 Å². The number of benzene rings is 4. The van der Waals surface area contributed by atoms with Gasteiger partial charge in [-0.1, -0.05) is 83.9 Å². The smallest absolute Gasteiger partial charge is 0.345 e. The maximum atomic E-state index is 14.5. The summed E-state index contributed by atoms with van der Waals surface area (Å²) >= 11 is 6.17. The Kier molecular flexibility index (Phi) is 7.67. The van der Waals surface area contributed by atoms with Crippen LogP contribution in [0.15, 0.2) is 108 Å². The number of methoxy groups -OCH3 is 1. The molecule has 1 heterocycles. The monoisotopic (exact) mass is 592 g/mol. The third-order valence-electron chi connectivity index (χ3n) is 7.03. The van der Waals surface area contributed by atoms with Crippen LogP contribution in [0.25, 0.3) is 0 Å². The second-order valence-corrected chi connectivity index (χ2v) is 11.8. The van der Waals surface area contributed by atoms with Crippen molar-refractivity contribution in [2.45, 2.75) is 29.7 Å². The number of hydrogen-bond acceptors (Lipinski definition) is 7. The molecule has 3 atom stereocenters. The number of carbonyl (C=O) groups excluding carboxylic acids is 1. The van der Waals surface area contributed by atoms with E-state index in [0.717, 1.165) is 9.87 Å². The highest BCUT2D eigenvalue weighted by Gasteiger charge is 2.64. The molecule has 0 N–H and O–H groups in total. The van der Waals surface area contributed by atoms with Gasteiger partial charge in [0.25, 0.3) is 5.69 Å². The normalized spacial score (nSPS) is 21.0. The molecule has 1 aliphatic heterocycles. The molecule has 5 rings (SSSR count). The van der Waals surface area contributed by atoms with Crippen LogP contribution in [0.5, 0.6) is 0 Å². The molecule has 41 heavy (non-hydrogen) atoms. The average molecular weight is 593 g/mol. The molecule has 0 bridgehead atoms. The maximum absolute atomic E-state index is 14.5. The van der Waals surface area contributed by atoms with Crippen LogP contribution in [-0.4, -0.2) is 30.7 Å². The van der Waals surface area contributed by atoms with Gasteiger partial charge in [-0.25, -0.2) is 13.2 Å². The Morgan fingerprint density at radius 3 is 2.10 bits per heavy atom. The number of nitro benzene ring substituents is 1. The molecule has 4 aromatic rings. The molecule has 1 aliphatic rings. The number of sulfonamides is 1. The summed E-state index contributed by atoms with van der Waals surface area (Å²) in [5, 5.41) is 11.8. The molecule has 0 aromatic heterocycles. The van der Waals surface area contributed by atoms with Crippen molar-refractivity contribution in [2.75, 3.05) is 7.11 Å². The van der Waals surface area contributed by atoms with E-state index in [4.69, 9.17) is 21.1 Å². The van der Waals surface area contributed by atoms with Gasteiger partial charge >= 0.3 is 5.97 Å². The van der Waals surface area contributed by atoms with E-state index in [0.29, 0.717) is 16.1 Å². The maximum Gasteiger partial charge on any atom is 0.345 e. The molecule has 1 fully saturated rings. The number of halogens is 1. The lowest BCUT2D eigenvalue weighted by Crippen LogP contribution is -2.45. The van der Waals surface area contributed by atoms with E-state index in [1.807, 2.05) is 6.92 Å². The molecule has 9 nitrogen and oxygen atoms in total. The van der Waals surface area contributed by atoms with Crippen molar-refractivity contribution in [3.63, 3.8) is 0 Å². The van der Waals surface area contributed by atoms with Crippen molar-refractivity contribution >= 4 is 33.3 Å². The standard InChI is InChI=1S/C30H25ClN2O7S/c1-20-8-18-26(19-9-20)41(37,38)32-27(21-10-16-25(17-11-21)33(35)36)30(29(34)39-2,23-12-14-24(31)15-13-23)40-28(32)22-6-4-3-5-7-22/h3-19,27-28H,1-2H3/t27-,28-,30+/m1/s1. The third kappa shape index (κ3) is 5.00. The number of nitrogens with zero attached hydrogens (tertiary/aromatic N) is 2. The zero-order valence-electron chi connectivity index (χ0n) is 22.0. The minimum atomic E-state index is -4.36. The van der Waals surface area contributed by atoms with Crippen LogP contribution in [0.4, 0.5) is 5.69 Å². The molecule has 1 saturated heterocycles. The first-order valence-electron chi connectivity index (χ1n) is 12.5. The Labute approximate surface area is 242 Å². The minimum absolute atomic E-state index is 0.0173. The fourth-order valence-corrected chi connectivity index (χ4v) is 6.86. The highest BCUT2D eigenvalue weighted by Crippen LogP contribution is 2.57. The number of rotatable bonds is 7. The highest BCUT2D eigenvalue weighted by atomic mass is 35.5. The lowest BCUT2D eigenvalue weighted by molar-refractivity contribution is -0.384. The SMILES string of the molecule is COC(=O)[C@@]1(c2ccc(Cl)cc2)O[C@H](c2ccccc2)N(S(=O)(=O)c2ccc(C)cc2)[C@@H]1c1ccc([N+](=O)[O-])cc1. The van der Waals surface area contributed by atoms with E-state index in [9.17, 15) is 23.3 Å². The van der Waals surface area contributed by atoms with E-state index in [1.54, 1.807) is 66.7 Å². The molecule has 11 heteroatoms. The Balaban J connectivity index is 1.85. The van der Waals surface area contributed by atoms with Gasteiger partial charge in [-0.2, -0.15) is 4.31 Å². The van der Waals surface area contributed by atoms with Gasteiger partial charge in [0.05, 0.1) is 23.0 Å². The predicted octanol–water partition coefficient (Wildman–Crippen LogP) is 6.09. The zero-order valence-corrected chi connectivity index (χ0v) is 23.6. The van der Waals surface area contributed by atoms with Crippen LogP contribution in [0, 0.1) is 17.0 Å². The van der Waals surface area contributed by atoms with Crippen LogP contribution >= 0.6 is 11.6 Å². The fraction of sp³-hybridized carbons (Fsp3) is 0.167. The van der Waals surface area contributed by atoms with Crippen molar-refractivity contribution in [1.29, 1.82) is 0 Å². The van der Waals surface area contributed by atoms with Crippen LogP contribution in [-0.2, 0) is 29.9 Å². The van der Waals surface area contributed by atoms with Crippen LogP contribution in [0.3, 0.4) is 0 Å². The molecule has 210 valence electrons. The lowest BCUT2D eigenvalue weighted by Gasteiger charge is -2.34. The van der Waals surface area contributed by atoms with Crippen LogP contribution in [0.1, 0.15) is 34.5 Å². The number of ether oxygens (including phenoxy) is 2. The molecule has 0 spiro atoms. The summed E-state index contributed by atoms with van der Waals surface area (Å²) < 4.78 is 42.1. The summed E-state index contributed by atoms with van der Waals surface area (Å²) in [5.41, 5.74) is -0.318. The van der Waals surface area contributed by atoms with Gasteiger partial charge < -0.3 is 9.47 Å². The summed E-state index contributed by atoms with van der Waals surface area (Å²) in [4.78, 5) is 24.8. The highest BCUT2D eigenvalue weighted by molar-refractivity contribution is 7.89. The lowest BCUT2D eigenvalue weighted by atomic mass is 9.83. The molecular formula is C30H25ClN2O7S. The van der Waals surface area contributed by atoms with Crippen molar-refractivity contribution < 1.29 is 27.6 Å². The first-order chi connectivity index (χ1) is 19.6. The molecule has 0 unspecified atom stereocenters. The summed E-state index contributed by atoms with van der Waals surface area (Å²) in [5.74, 6) is -0.856. The molecule has 0 amide bonds. The van der Waals surface area contributed by atoms with Gasteiger partial charge in [0.2, 0.25) is 15.6 Å². The summed E-state index contributed by atoms with van der Waals surface area (Å²) in [6.45, 7) is 1.84. The van der Waals surface area contributed by atoms with Crippen LogP contribution < -0.4 is 0 Å². The zero-order chi connectivity index (χ0) is 29.4. The van der Waals surface area contributed by atoms with Gasteiger partial charge in [-0.3, -0.25) is 10.1 Å². The van der Waals surface area contributed by atoms with Gasteiger partial charge in [-0.05, 0) is 47.9 Å². The number of non-ortho nitro benzene ring substituents is 1. The Bertz CT molecular complexity index is 1680. The summed E-state index contributed by atoms with van der Waals surface area (Å²) in [6.07, 6.45) is -1.28. The van der Waals surface area contributed by atoms with E-state index in [1.165, 1.54) is 43.5 Å². The van der Waals surface area contributed by atoms with Crippen LogP contribution in [0.2, 0.25) is 5.02 Å². The summed E-state index contributed by atoms with van der Waals surface area (Å²) in [6, 6.07) is 25.2. The Morgan fingerprint density at radius 2 is 1.54 bits per heavy atom. The van der Waals surface area contributed by atoms with Gasteiger partial charge in [0.1, 0.15) is 0 Å². The van der Waals surface area contributed by atoms with Gasteiger partial charge in [-0.15, -0.1) is 0 Å². The predicted molar refractivity (Wildman–Crippen MR) is 151 cm³/mol. The third-order valence-corrected chi connectivity index (χ3v) is 9.11. The topological polar surface area (TPSA) is 116 Å². The second kappa shape index (κ2) is 11.1. The number of esters is 1. The fourth-order valence-electron chi connectivity index (χ4n) is 5.05. The van der Waals surface area contributed by atoms with E-state index < -0.39 is 38.8 Å². The summed E-state index contributed by atoms with van der Waals surface area (Å²) in [7, 11) is -3.18. The largest absolute Gasteiger partial charge is 0.467 e. The first-order valence-corrected chi connectivity index (χ1v) is 14.3. The molecule has 0 aliphatic carbocycles. The van der Waals surface area contributed by atoms with Crippen molar-refractivity contribution in [2.24, 2.45) is 0 Å². The Hall–Kier alpha value is -4.09. The first kappa shape index (κ1) is 28.4. The molecule has 0 saturated carbocycles. The second-order valence-electron chi connectivity index (χ2n) is 9.51. The number of nitro groups is 1. The van der Waals surface area contributed by atoms with E-state index in [-0.39, 0.29) is 16.1 Å². The van der Waals surface area contributed by atoms with Crippen molar-refractivity contribution in [3.05, 3.63) is 141 Å². The van der Waals surface area contributed by atoms with Crippen molar-refractivity contribution in [1.82, 2.24) is 4.31 Å². The molecule has 4 aromatic carbocycles. The number of hydrogen-bond donors (Lipinski definition) is 0. The average Bonchev–Trinajstić information content (AvgIpc) is 3.36. The molecule has 0 radical (unpaired) electrons. The number of carbonyl (C=O) groups is 1. The van der Waals surface area contributed by atoms with Gasteiger partial charge in [0, 0.05) is 17.2 Å². The minimum Gasteiger partial charge on any atom is -0.467 e. The van der Waals surface area contributed by atoms with Crippen molar-refractivity contribution in [3.8, 4) is 0 Å². The molecular weight excluding hydrogens is 568 g/mol. The van der Waals surface area contributed by atoms with E-state index >= 15 is 0 Å². The Morgan fingerprint density at radius 1 is 0.927 bits per heavy atom.